The molecule has 0 aromatic carbocycles. The predicted molar refractivity (Wildman–Crippen MR) is 74.7 cm³/mol. The summed E-state index contributed by atoms with van der Waals surface area (Å²) in [5, 5.41) is 8.74. The minimum absolute atomic E-state index is 0.291. The number of nitrogens with zero attached hydrogens (tertiary/aromatic N) is 1. The number of aliphatic carboxylic acids is 1. The van der Waals surface area contributed by atoms with Crippen molar-refractivity contribution in [3.8, 4) is 0 Å². The van der Waals surface area contributed by atoms with E-state index in [-0.39, 0.29) is 0 Å². The lowest BCUT2D eigenvalue weighted by molar-refractivity contribution is -0.137. The third kappa shape index (κ3) is 4.97. The Morgan fingerprint density at radius 2 is 2.11 bits per heavy atom. The SMILES string of the molecule is CC(C)N(CCCC(=O)O)C1CCCC(C)(C)C1. The summed E-state index contributed by atoms with van der Waals surface area (Å²) >= 11 is 0. The summed E-state index contributed by atoms with van der Waals surface area (Å²) in [5.74, 6) is -0.678. The van der Waals surface area contributed by atoms with Gasteiger partial charge in [-0.15, -0.1) is 0 Å². The van der Waals surface area contributed by atoms with Crippen molar-refractivity contribution < 1.29 is 9.90 Å². The maximum Gasteiger partial charge on any atom is 0.303 e. The topological polar surface area (TPSA) is 40.5 Å². The van der Waals surface area contributed by atoms with Crippen molar-refractivity contribution in [1.82, 2.24) is 4.90 Å². The van der Waals surface area contributed by atoms with Crippen LogP contribution in [0.3, 0.4) is 0 Å². The van der Waals surface area contributed by atoms with Gasteiger partial charge in [-0.1, -0.05) is 20.3 Å². The van der Waals surface area contributed by atoms with Gasteiger partial charge >= 0.3 is 5.97 Å². The molecule has 0 radical (unpaired) electrons. The zero-order valence-corrected chi connectivity index (χ0v) is 12.4. The molecule has 0 aromatic rings. The molecule has 0 aromatic heterocycles. The second-order valence-electron chi connectivity index (χ2n) is 6.74. The molecule has 3 nitrogen and oxygen atoms in total. The zero-order chi connectivity index (χ0) is 13.8. The fraction of sp³-hybridized carbons (Fsp3) is 0.933. The van der Waals surface area contributed by atoms with Gasteiger partial charge in [0, 0.05) is 18.5 Å². The Morgan fingerprint density at radius 1 is 1.44 bits per heavy atom. The number of rotatable bonds is 6. The van der Waals surface area contributed by atoms with Crippen LogP contribution < -0.4 is 0 Å². The van der Waals surface area contributed by atoms with E-state index in [9.17, 15) is 4.79 Å². The van der Waals surface area contributed by atoms with Crippen molar-refractivity contribution in [2.75, 3.05) is 6.54 Å². The van der Waals surface area contributed by atoms with Gasteiger partial charge in [-0.2, -0.15) is 0 Å². The largest absolute Gasteiger partial charge is 0.481 e. The summed E-state index contributed by atoms with van der Waals surface area (Å²) in [5.41, 5.74) is 0.447. The molecule has 106 valence electrons. The van der Waals surface area contributed by atoms with Gasteiger partial charge in [0.25, 0.3) is 0 Å². The third-order valence-electron chi connectivity index (χ3n) is 4.12. The van der Waals surface area contributed by atoms with Crippen LogP contribution in [0.5, 0.6) is 0 Å². The quantitative estimate of drug-likeness (QED) is 0.789. The van der Waals surface area contributed by atoms with Crippen LogP contribution in [0.2, 0.25) is 0 Å². The van der Waals surface area contributed by atoms with Crippen molar-refractivity contribution >= 4 is 5.97 Å². The van der Waals surface area contributed by atoms with Crippen molar-refractivity contribution in [3.63, 3.8) is 0 Å². The summed E-state index contributed by atoms with van der Waals surface area (Å²) in [6.45, 7) is 10.1. The Bertz CT molecular complexity index is 274. The van der Waals surface area contributed by atoms with Gasteiger partial charge in [-0.3, -0.25) is 9.69 Å². The van der Waals surface area contributed by atoms with Crippen molar-refractivity contribution in [1.29, 1.82) is 0 Å². The van der Waals surface area contributed by atoms with Crippen molar-refractivity contribution in [2.24, 2.45) is 5.41 Å². The minimum atomic E-state index is -0.678. The summed E-state index contributed by atoms with van der Waals surface area (Å²) in [6, 6.07) is 1.15. The van der Waals surface area contributed by atoms with Gasteiger partial charge < -0.3 is 5.11 Å². The smallest absolute Gasteiger partial charge is 0.303 e. The van der Waals surface area contributed by atoms with E-state index in [0.29, 0.717) is 23.9 Å². The average Bonchev–Trinajstić information content (AvgIpc) is 2.21. The van der Waals surface area contributed by atoms with E-state index < -0.39 is 5.97 Å². The molecule has 1 aliphatic carbocycles. The van der Waals surface area contributed by atoms with Crippen LogP contribution in [-0.4, -0.2) is 34.6 Å². The summed E-state index contributed by atoms with van der Waals surface area (Å²) in [7, 11) is 0. The highest BCUT2D eigenvalue weighted by atomic mass is 16.4. The minimum Gasteiger partial charge on any atom is -0.481 e. The first-order chi connectivity index (χ1) is 8.32. The Balaban J connectivity index is 2.52. The normalized spacial score (nSPS) is 23.6. The molecule has 1 fully saturated rings. The summed E-state index contributed by atoms with van der Waals surface area (Å²) in [6.07, 6.45) is 6.21. The van der Waals surface area contributed by atoms with Crippen LogP contribution in [0.25, 0.3) is 0 Å². The molecular weight excluding hydrogens is 226 g/mol. The Labute approximate surface area is 112 Å². The molecule has 1 unspecified atom stereocenters. The van der Waals surface area contributed by atoms with Gasteiger partial charge in [0.15, 0.2) is 0 Å². The van der Waals surface area contributed by atoms with Crippen LogP contribution >= 0.6 is 0 Å². The lowest BCUT2D eigenvalue weighted by Crippen LogP contribution is -2.45. The fourth-order valence-corrected chi connectivity index (χ4v) is 3.22. The molecule has 0 spiro atoms. The number of carboxylic acids is 1. The molecule has 0 heterocycles. The average molecular weight is 255 g/mol. The van der Waals surface area contributed by atoms with E-state index in [1.165, 1.54) is 25.7 Å². The second kappa shape index (κ2) is 6.55. The van der Waals surface area contributed by atoms with Crippen molar-refractivity contribution in [3.05, 3.63) is 0 Å². The molecule has 1 N–H and O–H groups in total. The van der Waals surface area contributed by atoms with Gasteiger partial charge in [0.1, 0.15) is 0 Å². The lowest BCUT2D eigenvalue weighted by atomic mass is 9.74. The van der Waals surface area contributed by atoms with E-state index in [1.807, 2.05) is 0 Å². The Hall–Kier alpha value is -0.570. The predicted octanol–water partition coefficient (Wildman–Crippen LogP) is 3.53. The number of hydrogen-bond donors (Lipinski definition) is 1. The van der Waals surface area contributed by atoms with Crippen LogP contribution in [-0.2, 0) is 4.79 Å². The molecule has 1 saturated carbocycles. The zero-order valence-electron chi connectivity index (χ0n) is 12.4. The summed E-state index contributed by atoms with van der Waals surface area (Å²) in [4.78, 5) is 13.1. The van der Waals surface area contributed by atoms with E-state index in [2.05, 4.69) is 32.6 Å². The highest BCUT2D eigenvalue weighted by molar-refractivity contribution is 5.66. The maximum absolute atomic E-state index is 10.6. The number of hydrogen-bond acceptors (Lipinski definition) is 2. The molecule has 18 heavy (non-hydrogen) atoms. The first-order valence-corrected chi connectivity index (χ1v) is 7.29. The Kier molecular flexibility index (Phi) is 5.64. The van der Waals surface area contributed by atoms with Crippen LogP contribution in [0.4, 0.5) is 0 Å². The van der Waals surface area contributed by atoms with E-state index >= 15 is 0 Å². The summed E-state index contributed by atoms with van der Waals surface area (Å²) < 4.78 is 0. The molecule has 0 aliphatic heterocycles. The van der Waals surface area contributed by atoms with Crippen LogP contribution in [0, 0.1) is 5.41 Å². The molecule has 3 heteroatoms. The first kappa shape index (κ1) is 15.5. The second-order valence-corrected chi connectivity index (χ2v) is 6.74. The van der Waals surface area contributed by atoms with Gasteiger partial charge in [0.05, 0.1) is 0 Å². The molecule has 0 saturated heterocycles. The first-order valence-electron chi connectivity index (χ1n) is 7.29. The highest BCUT2D eigenvalue weighted by Crippen LogP contribution is 2.37. The fourth-order valence-electron chi connectivity index (χ4n) is 3.22. The van der Waals surface area contributed by atoms with Gasteiger partial charge in [-0.25, -0.2) is 0 Å². The molecule has 0 amide bonds. The molecular formula is C15H29NO2. The maximum atomic E-state index is 10.6. The Morgan fingerprint density at radius 3 is 2.61 bits per heavy atom. The standard InChI is InChI=1S/C15H29NO2/c1-12(2)16(10-6-8-14(17)18)13-7-5-9-15(3,4)11-13/h12-13H,5-11H2,1-4H3,(H,17,18). The molecule has 0 bridgehead atoms. The van der Waals surface area contributed by atoms with Gasteiger partial charge in [-0.05, 0) is 51.5 Å². The lowest BCUT2D eigenvalue weighted by Gasteiger charge is -2.43. The van der Waals surface area contributed by atoms with E-state index in [4.69, 9.17) is 5.11 Å². The highest BCUT2D eigenvalue weighted by Gasteiger charge is 2.32. The van der Waals surface area contributed by atoms with E-state index in [0.717, 1.165) is 13.0 Å². The van der Waals surface area contributed by atoms with Crippen LogP contribution in [0.1, 0.15) is 66.2 Å². The van der Waals surface area contributed by atoms with Crippen molar-refractivity contribution in [2.45, 2.75) is 78.3 Å². The molecule has 1 aliphatic rings. The molecule has 1 atom stereocenters. The molecule has 1 rings (SSSR count). The number of carboxylic acid groups (broad SMARTS) is 1. The number of carbonyl (C=O) groups is 1. The van der Waals surface area contributed by atoms with E-state index in [1.54, 1.807) is 0 Å². The monoisotopic (exact) mass is 255 g/mol. The van der Waals surface area contributed by atoms with Gasteiger partial charge in [0.2, 0.25) is 0 Å². The van der Waals surface area contributed by atoms with Crippen LogP contribution in [0.15, 0.2) is 0 Å². The third-order valence-corrected chi connectivity index (χ3v) is 4.12.